The normalized spacial score (nSPS) is 19.1. The fourth-order valence-electron chi connectivity index (χ4n) is 14.4. The van der Waals surface area contributed by atoms with Gasteiger partial charge in [0.25, 0.3) is 6.71 Å². The lowest BCUT2D eigenvalue weighted by molar-refractivity contribution is 0.332. The minimum atomic E-state index is -2.41. The van der Waals surface area contributed by atoms with Crippen LogP contribution in [0.25, 0.3) is 11.1 Å². The van der Waals surface area contributed by atoms with Crippen molar-refractivity contribution in [3.8, 4) is 11.1 Å². The van der Waals surface area contributed by atoms with Crippen LogP contribution in [0.2, 0.25) is 0 Å². The SMILES string of the molecule is [2H]C([2H])([2H])c1cc2c3c(c1)N(c1ccc4c(c1)C(C)(C)CCC4(C)C)c1cc4c(cc1B3c1ccc(N(c3ccccc3)c3ccccc3)cc1N2c1ccc2c(c1)C(C)(C)c1cc(C(C)(C)C)ccc1-2)C(C)(C)CCC4(C)C. The van der Waals surface area contributed by atoms with Gasteiger partial charge in [0, 0.05) is 60.7 Å². The summed E-state index contributed by atoms with van der Waals surface area (Å²) < 4.78 is 28.1. The molecule has 0 saturated carbocycles. The molecular formula is C72H76BN3. The van der Waals surface area contributed by atoms with Gasteiger partial charge in [0.2, 0.25) is 0 Å². The maximum atomic E-state index is 9.36. The zero-order chi connectivity index (χ0) is 55.7. The van der Waals surface area contributed by atoms with Crippen molar-refractivity contribution in [2.45, 2.75) is 155 Å². The Hall–Kier alpha value is -6.78. The molecule has 2 heterocycles. The van der Waals surface area contributed by atoms with Crippen molar-refractivity contribution in [2.24, 2.45) is 0 Å². The third-order valence-corrected chi connectivity index (χ3v) is 19.2. The second kappa shape index (κ2) is 16.4. The molecule has 76 heavy (non-hydrogen) atoms. The molecule has 2 aliphatic heterocycles. The zero-order valence-corrected chi connectivity index (χ0v) is 47.3. The Morgan fingerprint density at radius 2 is 0.921 bits per heavy atom. The van der Waals surface area contributed by atoms with Gasteiger partial charge < -0.3 is 14.7 Å². The minimum absolute atomic E-state index is 0.000712. The van der Waals surface area contributed by atoms with Crippen LogP contribution in [0.5, 0.6) is 0 Å². The van der Waals surface area contributed by atoms with Gasteiger partial charge in [-0.1, -0.05) is 169 Å². The second-order valence-corrected chi connectivity index (χ2v) is 27.4. The molecule has 3 nitrogen and oxygen atoms in total. The van der Waals surface area contributed by atoms with Crippen molar-refractivity contribution in [1.29, 1.82) is 0 Å². The molecule has 382 valence electrons. The van der Waals surface area contributed by atoms with Crippen LogP contribution >= 0.6 is 0 Å². The predicted octanol–water partition coefficient (Wildman–Crippen LogP) is 17.8. The minimum Gasteiger partial charge on any atom is -0.311 e. The van der Waals surface area contributed by atoms with Gasteiger partial charge in [-0.05, 0) is 210 Å². The maximum absolute atomic E-state index is 9.36. The predicted molar refractivity (Wildman–Crippen MR) is 327 cm³/mol. The Bertz CT molecular complexity index is 3780. The fraction of sp³-hybridized carbons (Fsp3) is 0.333. The molecule has 0 fully saturated rings. The van der Waals surface area contributed by atoms with Gasteiger partial charge in [0.1, 0.15) is 0 Å². The second-order valence-electron chi connectivity index (χ2n) is 27.4. The lowest BCUT2D eigenvalue weighted by atomic mass is 9.33. The number of nitrogens with zero attached hydrogens (tertiary/aromatic N) is 3. The highest BCUT2D eigenvalue weighted by Gasteiger charge is 2.48. The highest BCUT2D eigenvalue weighted by Crippen LogP contribution is 2.55. The topological polar surface area (TPSA) is 9.72 Å². The quantitative estimate of drug-likeness (QED) is 0.159. The summed E-state index contributed by atoms with van der Waals surface area (Å²) in [6, 6.07) is 58.9. The zero-order valence-electron chi connectivity index (χ0n) is 50.3. The summed E-state index contributed by atoms with van der Waals surface area (Å²) >= 11 is 0. The van der Waals surface area contributed by atoms with Gasteiger partial charge in [-0.15, -0.1) is 0 Å². The van der Waals surface area contributed by atoms with Gasteiger partial charge in [-0.3, -0.25) is 0 Å². The molecule has 0 amide bonds. The van der Waals surface area contributed by atoms with E-state index in [1.807, 2.05) is 12.1 Å². The van der Waals surface area contributed by atoms with Crippen LogP contribution in [-0.4, -0.2) is 6.71 Å². The number of aryl methyl sites for hydroxylation is 1. The Balaban J connectivity index is 1.14. The number of anilines is 9. The van der Waals surface area contributed by atoms with Crippen LogP contribution in [0.3, 0.4) is 0 Å². The van der Waals surface area contributed by atoms with Gasteiger partial charge in [0.15, 0.2) is 0 Å². The van der Waals surface area contributed by atoms with Crippen LogP contribution < -0.4 is 31.1 Å². The van der Waals surface area contributed by atoms with Gasteiger partial charge in [0.05, 0.1) is 0 Å². The molecule has 3 aliphatic carbocycles. The third-order valence-electron chi connectivity index (χ3n) is 19.2. The summed E-state index contributed by atoms with van der Waals surface area (Å²) in [7, 11) is 0. The monoisotopic (exact) mass is 997 g/mol. The van der Waals surface area contributed by atoms with E-state index in [4.69, 9.17) is 0 Å². The van der Waals surface area contributed by atoms with E-state index in [0.717, 1.165) is 82.3 Å². The summed E-state index contributed by atoms with van der Waals surface area (Å²) in [4.78, 5) is 7.27. The lowest BCUT2D eigenvalue weighted by Crippen LogP contribution is -2.62. The van der Waals surface area contributed by atoms with Gasteiger partial charge in [-0.25, -0.2) is 0 Å². The molecule has 13 rings (SSSR count). The number of fused-ring (bicyclic) bond motifs is 9. The van der Waals surface area contributed by atoms with E-state index in [2.05, 4.69) is 250 Å². The number of hydrogen-bond donors (Lipinski definition) is 0. The largest absolute Gasteiger partial charge is 0.311 e. The highest BCUT2D eigenvalue weighted by atomic mass is 15.2. The first kappa shape index (κ1) is 45.4. The summed E-state index contributed by atoms with van der Waals surface area (Å²) in [5, 5.41) is 0. The van der Waals surface area contributed by atoms with Gasteiger partial charge >= 0.3 is 0 Å². The number of hydrogen-bond acceptors (Lipinski definition) is 3. The Morgan fingerprint density at radius 3 is 1.49 bits per heavy atom. The maximum Gasteiger partial charge on any atom is 0.252 e. The molecule has 0 unspecified atom stereocenters. The molecule has 0 N–H and O–H groups in total. The molecule has 4 heteroatoms. The van der Waals surface area contributed by atoms with Crippen LogP contribution in [-0.2, 0) is 32.5 Å². The van der Waals surface area contributed by atoms with Crippen molar-refractivity contribution < 1.29 is 4.11 Å². The summed E-state index contributed by atoms with van der Waals surface area (Å²) in [5.74, 6) is 0. The average Bonchev–Trinajstić information content (AvgIpc) is 2.99. The van der Waals surface area contributed by atoms with E-state index < -0.39 is 6.85 Å². The van der Waals surface area contributed by atoms with Crippen molar-refractivity contribution in [2.75, 3.05) is 14.7 Å². The van der Waals surface area contributed by atoms with E-state index in [-0.39, 0.29) is 39.2 Å². The fourth-order valence-corrected chi connectivity index (χ4v) is 14.4. The molecule has 0 saturated heterocycles. The Labute approximate surface area is 459 Å². The molecule has 8 aromatic rings. The lowest BCUT2D eigenvalue weighted by Gasteiger charge is -2.48. The molecule has 0 spiro atoms. The first-order valence-electron chi connectivity index (χ1n) is 29.6. The first-order valence-corrected chi connectivity index (χ1v) is 28.1. The summed E-state index contributed by atoms with van der Waals surface area (Å²) in [6.07, 6.45) is 4.40. The van der Waals surface area contributed by atoms with Crippen LogP contribution in [0, 0.1) is 6.85 Å². The highest BCUT2D eigenvalue weighted by molar-refractivity contribution is 7.00. The average molecular weight is 997 g/mol. The number of rotatable bonds is 5. The third kappa shape index (κ3) is 7.28. The van der Waals surface area contributed by atoms with E-state index in [0.29, 0.717) is 5.56 Å². The van der Waals surface area contributed by atoms with Crippen LogP contribution in [0.15, 0.2) is 158 Å². The van der Waals surface area contributed by atoms with E-state index in [9.17, 15) is 4.11 Å². The molecule has 0 aromatic heterocycles. The molecular weight excluding hydrogens is 918 g/mol. The van der Waals surface area contributed by atoms with Crippen molar-refractivity contribution in [1.82, 2.24) is 0 Å². The van der Waals surface area contributed by atoms with E-state index in [1.165, 1.54) is 61.0 Å². The molecule has 0 radical (unpaired) electrons. The Kier molecular flexibility index (Phi) is 9.79. The molecule has 5 aliphatic rings. The van der Waals surface area contributed by atoms with E-state index >= 15 is 0 Å². The van der Waals surface area contributed by atoms with Crippen molar-refractivity contribution in [3.05, 3.63) is 202 Å². The Morgan fingerprint density at radius 1 is 0.434 bits per heavy atom. The number of benzene rings is 8. The molecule has 8 aromatic carbocycles. The summed E-state index contributed by atoms with van der Waals surface area (Å²) in [6.45, 7) is 28.3. The van der Waals surface area contributed by atoms with Crippen LogP contribution in [0.4, 0.5) is 51.2 Å². The first-order chi connectivity index (χ1) is 37.2. The molecule has 0 bridgehead atoms. The van der Waals surface area contributed by atoms with Gasteiger partial charge in [-0.2, -0.15) is 0 Å². The van der Waals surface area contributed by atoms with E-state index in [1.54, 1.807) is 0 Å². The van der Waals surface area contributed by atoms with Crippen molar-refractivity contribution in [3.63, 3.8) is 0 Å². The molecule has 0 atom stereocenters. The standard InChI is InChI=1S/C72H76BN3/c1-45-37-64-66-65(38-45)76(50-27-31-54-57(41-50)69(7,8)34-33-68(54,5)6)63-44-59-58(70(9,10)35-36-71(59,11)12)43-61(63)73(66)60-32-28-51(74(47-21-17-15-18-22-47)48-23-19-16-20-24-48)42-62(60)75(64)49-26-30-53-52-29-25-46(67(2,3)4)39-55(52)72(13,14)56(53)40-49/h15-32,37-44H,33-36H2,1-14H3/i1D3. The summed E-state index contributed by atoms with van der Waals surface area (Å²) in [5.41, 5.74) is 24.7. The van der Waals surface area contributed by atoms with Crippen molar-refractivity contribution >= 4 is 74.3 Å². The smallest absolute Gasteiger partial charge is 0.252 e. The van der Waals surface area contributed by atoms with Crippen LogP contribution in [0.1, 0.15) is 164 Å². The number of para-hydroxylation sites is 2.